The van der Waals surface area contributed by atoms with Crippen molar-refractivity contribution in [1.82, 2.24) is 15.2 Å². The summed E-state index contributed by atoms with van der Waals surface area (Å²) < 4.78 is 5.76. The van der Waals surface area contributed by atoms with Crippen molar-refractivity contribution in [3.8, 4) is 0 Å². The lowest BCUT2D eigenvalue weighted by atomic mass is 9.75. The van der Waals surface area contributed by atoms with Gasteiger partial charge in [0.15, 0.2) is 5.03 Å². The molecule has 24 heavy (non-hydrogen) atoms. The topological polar surface area (TPSA) is 105 Å². The van der Waals surface area contributed by atoms with Crippen LogP contribution >= 0.6 is 11.8 Å². The second-order valence-corrected chi connectivity index (χ2v) is 8.20. The first-order chi connectivity index (χ1) is 11.3. The van der Waals surface area contributed by atoms with E-state index in [0.717, 1.165) is 31.0 Å². The van der Waals surface area contributed by atoms with Crippen molar-refractivity contribution in [2.75, 3.05) is 0 Å². The average Bonchev–Trinajstić information content (AvgIpc) is 2.49. The summed E-state index contributed by atoms with van der Waals surface area (Å²) >= 11 is 0.986. The van der Waals surface area contributed by atoms with E-state index in [1.807, 2.05) is 0 Å². The van der Waals surface area contributed by atoms with Crippen molar-refractivity contribution in [3.05, 3.63) is 20.8 Å². The summed E-state index contributed by atoms with van der Waals surface area (Å²) in [6.07, 6.45) is 3.03. The van der Waals surface area contributed by atoms with E-state index in [1.165, 1.54) is 0 Å². The molecule has 0 radical (unpaired) electrons. The Labute approximate surface area is 145 Å². The molecule has 1 aromatic rings. The minimum absolute atomic E-state index is 0.0523. The Hall–Kier alpha value is -1.57. The van der Waals surface area contributed by atoms with E-state index in [-0.39, 0.29) is 17.1 Å². The van der Waals surface area contributed by atoms with Crippen LogP contribution in [0.15, 0.2) is 14.6 Å². The molecule has 0 amide bonds. The van der Waals surface area contributed by atoms with Crippen LogP contribution in [0.1, 0.15) is 47.0 Å². The molecule has 1 heterocycles. The number of H-pyrrole nitrogens is 2. The molecule has 2 N–H and O–H groups in total. The molecule has 134 valence electrons. The van der Waals surface area contributed by atoms with Gasteiger partial charge in [-0.15, -0.1) is 0 Å². The number of ether oxygens (including phenoxy) is 1. The second kappa shape index (κ2) is 8.00. The van der Waals surface area contributed by atoms with Gasteiger partial charge in [-0.2, -0.15) is 5.10 Å². The van der Waals surface area contributed by atoms with Gasteiger partial charge in [-0.1, -0.05) is 39.0 Å². The zero-order chi connectivity index (χ0) is 17.9. The lowest BCUT2D eigenvalue weighted by Crippen LogP contribution is -2.37. The fraction of sp³-hybridized carbons (Fsp3) is 0.750. The molecule has 4 atom stereocenters. The molecule has 0 aliphatic heterocycles. The third-order valence-corrected chi connectivity index (χ3v) is 5.58. The number of nitrogens with zero attached hydrogens (tertiary/aromatic N) is 1. The van der Waals surface area contributed by atoms with Crippen LogP contribution in [0.4, 0.5) is 0 Å². The van der Waals surface area contributed by atoms with Crippen molar-refractivity contribution < 1.29 is 9.53 Å². The maximum Gasteiger partial charge on any atom is 0.342 e. The largest absolute Gasteiger partial charge is 0.461 e. The van der Waals surface area contributed by atoms with Gasteiger partial charge in [-0.05, 0) is 37.5 Å². The Balaban J connectivity index is 2.01. The predicted octanol–water partition coefficient (Wildman–Crippen LogP) is 1.94. The van der Waals surface area contributed by atoms with Crippen LogP contribution in [-0.4, -0.2) is 32.5 Å². The summed E-state index contributed by atoms with van der Waals surface area (Å²) in [6, 6.07) is 0. The summed E-state index contributed by atoms with van der Waals surface area (Å²) in [4.78, 5) is 37.1. The molecule has 2 rings (SSSR count). The van der Waals surface area contributed by atoms with Gasteiger partial charge in [-0.3, -0.25) is 14.6 Å². The van der Waals surface area contributed by atoms with E-state index in [4.69, 9.17) is 4.74 Å². The molecule has 8 heteroatoms. The molecule has 1 aliphatic rings. The number of carbonyl (C=O) groups is 1. The van der Waals surface area contributed by atoms with Crippen molar-refractivity contribution >= 4 is 17.7 Å². The lowest BCUT2D eigenvalue weighted by Gasteiger charge is -2.37. The summed E-state index contributed by atoms with van der Waals surface area (Å²) in [7, 11) is 0. The summed E-state index contributed by atoms with van der Waals surface area (Å²) in [5, 5.41) is 5.31. The van der Waals surface area contributed by atoms with E-state index in [1.54, 1.807) is 6.92 Å². The molecular weight excluding hydrogens is 330 g/mol. The molecule has 0 saturated heterocycles. The Morgan fingerprint density at radius 3 is 2.62 bits per heavy atom. The third-order valence-electron chi connectivity index (χ3n) is 4.53. The second-order valence-electron chi connectivity index (χ2n) is 6.87. The maximum absolute atomic E-state index is 12.4. The number of thioether (sulfide) groups is 1. The van der Waals surface area contributed by atoms with Crippen LogP contribution in [0, 0.1) is 17.8 Å². The molecule has 7 nitrogen and oxygen atoms in total. The number of aromatic nitrogens is 3. The summed E-state index contributed by atoms with van der Waals surface area (Å²) in [6.45, 7) is 8.17. The van der Waals surface area contributed by atoms with Crippen LogP contribution in [-0.2, 0) is 9.53 Å². The molecule has 1 saturated carbocycles. The van der Waals surface area contributed by atoms with Crippen molar-refractivity contribution in [2.45, 2.75) is 63.3 Å². The number of carbonyl (C=O) groups excluding carboxylic acids is 1. The van der Waals surface area contributed by atoms with Gasteiger partial charge in [0.25, 0.3) is 5.56 Å². The quantitative estimate of drug-likeness (QED) is 0.618. The third kappa shape index (κ3) is 4.72. The van der Waals surface area contributed by atoms with Gasteiger partial charge in [0.1, 0.15) is 11.4 Å². The fourth-order valence-corrected chi connectivity index (χ4v) is 3.87. The number of hydrogen-bond donors (Lipinski definition) is 2. The van der Waals surface area contributed by atoms with Crippen LogP contribution in [0.5, 0.6) is 0 Å². The minimum Gasteiger partial charge on any atom is -0.461 e. The zero-order valence-electron chi connectivity index (χ0n) is 14.5. The Morgan fingerprint density at radius 2 is 2.00 bits per heavy atom. The maximum atomic E-state index is 12.4. The van der Waals surface area contributed by atoms with Crippen molar-refractivity contribution in [2.24, 2.45) is 17.8 Å². The number of nitrogens with one attached hydrogen (secondary N) is 2. The molecule has 1 fully saturated rings. The average molecular weight is 355 g/mol. The number of esters is 1. The molecule has 1 aliphatic carbocycles. The van der Waals surface area contributed by atoms with Crippen LogP contribution in [0.3, 0.4) is 0 Å². The smallest absolute Gasteiger partial charge is 0.342 e. The highest BCUT2D eigenvalue weighted by Gasteiger charge is 2.34. The number of hydrogen-bond acceptors (Lipinski definition) is 6. The van der Waals surface area contributed by atoms with Gasteiger partial charge < -0.3 is 4.74 Å². The Bertz CT molecular complexity index is 684. The monoisotopic (exact) mass is 355 g/mol. The van der Waals surface area contributed by atoms with Gasteiger partial charge in [-0.25, -0.2) is 9.89 Å². The standard InChI is InChI=1S/C16H25N3O4S/c1-8(2)11-6-5-9(3)7-12(11)23-15(21)10(4)24-14-13(20)17-16(22)19-18-14/h8-12H,5-7H2,1-4H3,(H2,17,19,20,22)/t9-,10-,11+,12-/m1/s1. The SMILES string of the molecule is CC(C)[C@@H]1CC[C@@H](C)C[C@H]1OC(=O)[C@@H](C)Sc1n[nH]c(=O)[nH]c1=O. The van der Waals surface area contributed by atoms with Gasteiger partial charge in [0, 0.05) is 0 Å². The van der Waals surface area contributed by atoms with E-state index < -0.39 is 16.5 Å². The van der Waals surface area contributed by atoms with E-state index in [0.29, 0.717) is 17.8 Å². The van der Waals surface area contributed by atoms with Crippen LogP contribution in [0.25, 0.3) is 0 Å². The molecule has 0 unspecified atom stereocenters. The van der Waals surface area contributed by atoms with Crippen molar-refractivity contribution in [3.63, 3.8) is 0 Å². The number of rotatable bonds is 5. The molecule has 0 spiro atoms. The normalized spacial score (nSPS) is 25.5. The summed E-state index contributed by atoms with van der Waals surface area (Å²) in [5.74, 6) is 1.03. The van der Waals surface area contributed by atoms with Gasteiger partial charge >= 0.3 is 11.7 Å². The summed E-state index contributed by atoms with van der Waals surface area (Å²) in [5.41, 5.74) is -1.27. The van der Waals surface area contributed by atoms with E-state index in [9.17, 15) is 14.4 Å². The predicted molar refractivity (Wildman–Crippen MR) is 92.0 cm³/mol. The molecule has 0 bridgehead atoms. The fourth-order valence-electron chi connectivity index (χ4n) is 3.13. The highest BCUT2D eigenvalue weighted by molar-refractivity contribution is 8.00. The van der Waals surface area contributed by atoms with Crippen LogP contribution in [0.2, 0.25) is 0 Å². The Kier molecular flexibility index (Phi) is 6.26. The van der Waals surface area contributed by atoms with Gasteiger partial charge in [0.05, 0.1) is 0 Å². The van der Waals surface area contributed by atoms with E-state index in [2.05, 4.69) is 36.0 Å². The van der Waals surface area contributed by atoms with E-state index >= 15 is 0 Å². The van der Waals surface area contributed by atoms with Gasteiger partial charge in [0.2, 0.25) is 0 Å². The first-order valence-electron chi connectivity index (χ1n) is 8.34. The Morgan fingerprint density at radius 1 is 1.29 bits per heavy atom. The minimum atomic E-state index is -0.671. The highest BCUT2D eigenvalue weighted by Crippen LogP contribution is 2.36. The van der Waals surface area contributed by atoms with Crippen molar-refractivity contribution in [1.29, 1.82) is 0 Å². The zero-order valence-corrected chi connectivity index (χ0v) is 15.3. The molecular formula is C16H25N3O4S. The lowest BCUT2D eigenvalue weighted by molar-refractivity contribution is -0.154. The number of aromatic amines is 2. The van der Waals surface area contributed by atoms with Crippen LogP contribution < -0.4 is 11.2 Å². The highest BCUT2D eigenvalue weighted by atomic mass is 32.2. The first-order valence-corrected chi connectivity index (χ1v) is 9.22. The molecule has 1 aromatic heterocycles. The first kappa shape index (κ1) is 18.8. The molecule has 0 aromatic carbocycles.